The molecule has 0 aromatic heterocycles. The van der Waals surface area contributed by atoms with Gasteiger partial charge in [-0.05, 0) is 61.3 Å². The number of nitrogens with zero attached hydrogens (tertiary/aromatic N) is 2. The van der Waals surface area contributed by atoms with Crippen LogP contribution in [0.4, 0.5) is 0 Å². The van der Waals surface area contributed by atoms with E-state index in [1.165, 1.54) is 5.56 Å². The monoisotopic (exact) mass is 433 g/mol. The summed E-state index contributed by atoms with van der Waals surface area (Å²) in [7, 11) is 0. The fourth-order valence-corrected chi connectivity index (χ4v) is 3.40. The van der Waals surface area contributed by atoms with Crippen LogP contribution in [0.1, 0.15) is 24.0 Å². The molecule has 136 valence electrons. The van der Waals surface area contributed by atoms with Gasteiger partial charge >= 0.3 is 0 Å². The third-order valence-corrected chi connectivity index (χ3v) is 5.32. The van der Waals surface area contributed by atoms with Crippen molar-refractivity contribution in [1.82, 2.24) is 10.3 Å². The maximum absolute atomic E-state index is 12.3. The summed E-state index contributed by atoms with van der Waals surface area (Å²) in [6.07, 6.45) is 3.36. The van der Waals surface area contributed by atoms with Crippen LogP contribution in [0, 0.1) is 5.92 Å². The van der Waals surface area contributed by atoms with E-state index in [9.17, 15) is 4.79 Å². The Morgan fingerprint density at radius 1 is 1.15 bits per heavy atom. The third-order valence-electron chi connectivity index (χ3n) is 4.54. The van der Waals surface area contributed by atoms with Crippen LogP contribution in [0.25, 0.3) is 0 Å². The normalized spacial score (nSPS) is 16.1. The van der Waals surface area contributed by atoms with Crippen molar-refractivity contribution in [3.05, 3.63) is 69.2 Å². The summed E-state index contributed by atoms with van der Waals surface area (Å²) in [6, 6.07) is 15.7. The molecule has 1 saturated heterocycles. The summed E-state index contributed by atoms with van der Waals surface area (Å²) in [6.45, 7) is 2.78. The van der Waals surface area contributed by atoms with Gasteiger partial charge in [-0.15, -0.1) is 0 Å². The predicted molar refractivity (Wildman–Crippen MR) is 109 cm³/mol. The Balaban J connectivity index is 1.43. The van der Waals surface area contributed by atoms with Crippen LogP contribution in [0.2, 0.25) is 5.02 Å². The molecule has 6 heteroatoms. The van der Waals surface area contributed by atoms with Gasteiger partial charge in [-0.25, -0.2) is 5.43 Å². The highest BCUT2D eigenvalue weighted by molar-refractivity contribution is 9.10. The lowest BCUT2D eigenvalue weighted by Crippen LogP contribution is -2.39. The highest BCUT2D eigenvalue weighted by atomic mass is 79.9. The number of piperidine rings is 1. The summed E-state index contributed by atoms with van der Waals surface area (Å²) >= 11 is 9.30. The van der Waals surface area contributed by atoms with Gasteiger partial charge in [-0.3, -0.25) is 9.69 Å². The Morgan fingerprint density at radius 2 is 1.81 bits per heavy atom. The van der Waals surface area contributed by atoms with Gasteiger partial charge in [0, 0.05) is 22.0 Å². The van der Waals surface area contributed by atoms with Crippen LogP contribution >= 0.6 is 27.5 Å². The highest BCUT2D eigenvalue weighted by Gasteiger charge is 2.24. The Morgan fingerprint density at radius 3 is 2.46 bits per heavy atom. The number of hydrazone groups is 1. The van der Waals surface area contributed by atoms with E-state index in [0.717, 1.165) is 42.5 Å². The van der Waals surface area contributed by atoms with Crippen molar-refractivity contribution in [1.29, 1.82) is 0 Å². The van der Waals surface area contributed by atoms with E-state index in [-0.39, 0.29) is 11.8 Å². The minimum absolute atomic E-state index is 0.00138. The minimum atomic E-state index is -0.00138. The van der Waals surface area contributed by atoms with Gasteiger partial charge in [-0.2, -0.15) is 5.10 Å². The maximum Gasteiger partial charge on any atom is 0.243 e. The maximum atomic E-state index is 12.3. The van der Waals surface area contributed by atoms with E-state index in [1.54, 1.807) is 18.3 Å². The summed E-state index contributed by atoms with van der Waals surface area (Å²) in [5.41, 5.74) is 4.86. The first-order valence-electron chi connectivity index (χ1n) is 8.65. The largest absolute Gasteiger partial charge is 0.299 e. The Hall–Kier alpha value is -1.69. The zero-order chi connectivity index (χ0) is 18.4. The van der Waals surface area contributed by atoms with Crippen molar-refractivity contribution >= 4 is 39.7 Å². The zero-order valence-corrected chi connectivity index (χ0v) is 16.7. The summed E-state index contributed by atoms with van der Waals surface area (Å²) in [5, 5.41) is 4.74. The third kappa shape index (κ3) is 5.66. The fraction of sp³-hybridized carbons (Fsp3) is 0.300. The number of hydrogen-bond acceptors (Lipinski definition) is 3. The van der Waals surface area contributed by atoms with E-state index < -0.39 is 0 Å². The van der Waals surface area contributed by atoms with E-state index in [0.29, 0.717) is 5.02 Å². The predicted octanol–water partition coefficient (Wildman–Crippen LogP) is 4.46. The van der Waals surface area contributed by atoms with E-state index in [2.05, 4.69) is 55.6 Å². The van der Waals surface area contributed by atoms with Gasteiger partial charge in [0.1, 0.15) is 0 Å². The number of rotatable bonds is 5. The zero-order valence-electron chi connectivity index (χ0n) is 14.4. The van der Waals surface area contributed by atoms with Crippen LogP contribution in [-0.2, 0) is 11.3 Å². The first-order chi connectivity index (χ1) is 12.6. The molecule has 1 heterocycles. The van der Waals surface area contributed by atoms with Crippen LogP contribution in [0.5, 0.6) is 0 Å². The molecule has 1 aliphatic heterocycles. The molecule has 0 radical (unpaired) electrons. The van der Waals surface area contributed by atoms with Gasteiger partial charge in [0.2, 0.25) is 5.91 Å². The van der Waals surface area contributed by atoms with Crippen molar-refractivity contribution in [2.75, 3.05) is 13.1 Å². The number of hydrogen-bond donors (Lipinski definition) is 1. The lowest BCUT2D eigenvalue weighted by Gasteiger charge is -2.30. The van der Waals surface area contributed by atoms with Gasteiger partial charge in [0.05, 0.1) is 6.21 Å². The Labute approximate surface area is 167 Å². The van der Waals surface area contributed by atoms with E-state index >= 15 is 0 Å². The standard InChI is InChI=1S/C20H21BrClN3O/c21-18-5-1-16(2-6-18)14-25-11-9-17(10-12-25)20(26)24-23-13-15-3-7-19(22)8-4-15/h1-8,13,17H,9-12,14H2,(H,24,26)/b23-13+. The number of halogens is 2. The molecule has 3 rings (SSSR count). The molecular weight excluding hydrogens is 414 g/mol. The molecule has 0 atom stereocenters. The number of likely N-dealkylation sites (tertiary alicyclic amines) is 1. The second kappa shape index (κ2) is 9.31. The molecule has 1 aliphatic rings. The number of carbonyl (C=O) groups is 1. The summed E-state index contributed by atoms with van der Waals surface area (Å²) in [4.78, 5) is 14.7. The second-order valence-electron chi connectivity index (χ2n) is 6.46. The van der Waals surface area contributed by atoms with Gasteiger partial charge < -0.3 is 0 Å². The van der Waals surface area contributed by atoms with Crippen molar-refractivity contribution in [3.63, 3.8) is 0 Å². The SMILES string of the molecule is O=C(N/N=C/c1ccc(Cl)cc1)C1CCN(Cc2ccc(Br)cc2)CC1. The highest BCUT2D eigenvalue weighted by Crippen LogP contribution is 2.20. The van der Waals surface area contributed by atoms with Crippen LogP contribution in [0.15, 0.2) is 58.1 Å². The Bertz CT molecular complexity index is 754. The van der Waals surface area contributed by atoms with E-state index in [1.807, 2.05) is 12.1 Å². The quantitative estimate of drug-likeness (QED) is 0.557. The van der Waals surface area contributed by atoms with Gasteiger partial charge in [0.25, 0.3) is 0 Å². The van der Waals surface area contributed by atoms with Crippen LogP contribution in [0.3, 0.4) is 0 Å². The average molecular weight is 435 g/mol. The first-order valence-corrected chi connectivity index (χ1v) is 9.82. The Kier molecular flexibility index (Phi) is 6.83. The molecule has 0 saturated carbocycles. The molecule has 0 spiro atoms. The average Bonchev–Trinajstić information content (AvgIpc) is 2.66. The second-order valence-corrected chi connectivity index (χ2v) is 7.81. The van der Waals surface area contributed by atoms with Crippen molar-refractivity contribution in [2.45, 2.75) is 19.4 Å². The molecule has 2 aromatic rings. The topological polar surface area (TPSA) is 44.7 Å². The molecule has 26 heavy (non-hydrogen) atoms. The number of amides is 1. The van der Waals surface area contributed by atoms with Crippen molar-refractivity contribution in [3.8, 4) is 0 Å². The molecule has 0 aliphatic carbocycles. The van der Waals surface area contributed by atoms with Crippen LogP contribution in [-0.4, -0.2) is 30.1 Å². The van der Waals surface area contributed by atoms with Crippen molar-refractivity contribution in [2.24, 2.45) is 11.0 Å². The summed E-state index contributed by atoms with van der Waals surface area (Å²) < 4.78 is 1.09. The lowest BCUT2D eigenvalue weighted by atomic mass is 9.96. The smallest absolute Gasteiger partial charge is 0.243 e. The molecule has 0 bridgehead atoms. The fourth-order valence-electron chi connectivity index (χ4n) is 3.01. The molecule has 1 N–H and O–H groups in total. The molecule has 0 unspecified atom stereocenters. The molecule has 1 fully saturated rings. The van der Waals surface area contributed by atoms with E-state index in [4.69, 9.17) is 11.6 Å². The number of benzene rings is 2. The molecule has 4 nitrogen and oxygen atoms in total. The number of carbonyl (C=O) groups excluding carboxylic acids is 1. The van der Waals surface area contributed by atoms with Crippen LogP contribution < -0.4 is 5.43 Å². The summed E-state index contributed by atoms with van der Waals surface area (Å²) in [5.74, 6) is 0.0250. The minimum Gasteiger partial charge on any atom is -0.299 e. The van der Waals surface area contributed by atoms with Gasteiger partial charge in [0.15, 0.2) is 0 Å². The number of nitrogens with one attached hydrogen (secondary N) is 1. The van der Waals surface area contributed by atoms with Crippen molar-refractivity contribution < 1.29 is 4.79 Å². The van der Waals surface area contributed by atoms with Gasteiger partial charge in [-0.1, -0.05) is 51.8 Å². The first kappa shape index (κ1) is 19.1. The molecule has 1 amide bonds. The molecular formula is C20H21BrClN3O. The molecule has 2 aromatic carbocycles. The lowest BCUT2D eigenvalue weighted by molar-refractivity contribution is -0.126.